The molecular formula is C31H32N2O3S. The van der Waals surface area contributed by atoms with Crippen LogP contribution in [0.25, 0.3) is 17.2 Å². The third kappa shape index (κ3) is 6.25. The van der Waals surface area contributed by atoms with Crippen molar-refractivity contribution in [2.45, 2.75) is 43.5 Å². The summed E-state index contributed by atoms with van der Waals surface area (Å²) >= 11 is 1.89. The first kappa shape index (κ1) is 25.2. The topological polar surface area (TPSA) is 69.6 Å². The van der Waals surface area contributed by atoms with Crippen molar-refractivity contribution in [2.75, 3.05) is 22.5 Å². The van der Waals surface area contributed by atoms with Gasteiger partial charge in [-0.3, -0.25) is 4.79 Å². The van der Waals surface area contributed by atoms with Gasteiger partial charge in [-0.1, -0.05) is 61.7 Å². The molecule has 5 rings (SSSR count). The number of anilines is 2. The molecule has 3 aromatic carbocycles. The molecule has 0 saturated heterocycles. The Morgan fingerprint density at radius 1 is 0.973 bits per heavy atom. The quantitative estimate of drug-likeness (QED) is 0.331. The number of thioether (sulfide) groups is 1. The molecule has 1 saturated carbocycles. The Kier molecular flexibility index (Phi) is 7.95. The fourth-order valence-corrected chi connectivity index (χ4v) is 6.06. The van der Waals surface area contributed by atoms with E-state index in [1.807, 2.05) is 40.9 Å². The predicted molar refractivity (Wildman–Crippen MR) is 152 cm³/mol. The molecule has 2 aliphatic rings. The second-order valence-corrected chi connectivity index (χ2v) is 10.8. The van der Waals surface area contributed by atoms with Gasteiger partial charge in [0.1, 0.15) is 0 Å². The van der Waals surface area contributed by atoms with Crippen molar-refractivity contribution in [2.24, 2.45) is 5.92 Å². The van der Waals surface area contributed by atoms with E-state index in [9.17, 15) is 9.59 Å². The number of carbonyl (C=O) groups is 2. The molecule has 0 unspecified atom stereocenters. The van der Waals surface area contributed by atoms with Gasteiger partial charge >= 0.3 is 5.97 Å². The largest absolute Gasteiger partial charge is 0.478 e. The van der Waals surface area contributed by atoms with E-state index in [2.05, 4.69) is 47.8 Å². The smallest absolute Gasteiger partial charge is 0.328 e. The average molecular weight is 513 g/mol. The number of carboxylic acids is 1. The minimum Gasteiger partial charge on any atom is -0.478 e. The predicted octanol–water partition coefficient (Wildman–Crippen LogP) is 7.08. The number of benzene rings is 3. The minimum atomic E-state index is -0.991. The van der Waals surface area contributed by atoms with Crippen molar-refractivity contribution in [3.05, 3.63) is 83.9 Å². The van der Waals surface area contributed by atoms with E-state index < -0.39 is 5.97 Å². The van der Waals surface area contributed by atoms with Gasteiger partial charge < -0.3 is 15.3 Å². The maximum Gasteiger partial charge on any atom is 0.328 e. The molecule has 3 aromatic rings. The van der Waals surface area contributed by atoms with Crippen LogP contribution in [-0.2, 0) is 16.1 Å². The third-order valence-corrected chi connectivity index (χ3v) is 8.16. The van der Waals surface area contributed by atoms with E-state index in [1.54, 1.807) is 6.08 Å². The number of carboxylic acid groups (broad SMARTS) is 1. The van der Waals surface area contributed by atoms with Crippen LogP contribution in [0.15, 0.2) is 77.7 Å². The van der Waals surface area contributed by atoms with Crippen LogP contribution in [0.4, 0.5) is 11.4 Å². The molecule has 2 N–H and O–H groups in total. The van der Waals surface area contributed by atoms with Crippen LogP contribution >= 0.6 is 11.8 Å². The lowest BCUT2D eigenvalue weighted by atomic mass is 9.88. The summed E-state index contributed by atoms with van der Waals surface area (Å²) in [4.78, 5) is 27.9. The van der Waals surface area contributed by atoms with Crippen LogP contribution in [-0.4, -0.2) is 29.3 Å². The molecule has 0 bridgehead atoms. The Balaban J connectivity index is 1.40. The summed E-state index contributed by atoms with van der Waals surface area (Å²) in [7, 11) is 0. The van der Waals surface area contributed by atoms with Gasteiger partial charge in [-0.2, -0.15) is 0 Å². The van der Waals surface area contributed by atoms with Crippen LogP contribution in [0, 0.1) is 5.92 Å². The van der Waals surface area contributed by atoms with Crippen molar-refractivity contribution in [3.63, 3.8) is 0 Å². The van der Waals surface area contributed by atoms with Crippen molar-refractivity contribution < 1.29 is 14.7 Å². The zero-order chi connectivity index (χ0) is 25.6. The number of hydrogen-bond acceptors (Lipinski definition) is 4. The summed E-state index contributed by atoms with van der Waals surface area (Å²) in [6.45, 7) is 1.48. The molecular weight excluding hydrogens is 480 g/mol. The molecule has 5 nitrogen and oxygen atoms in total. The highest BCUT2D eigenvalue weighted by Crippen LogP contribution is 2.35. The van der Waals surface area contributed by atoms with Gasteiger partial charge in [-0.25, -0.2) is 4.79 Å². The zero-order valence-corrected chi connectivity index (χ0v) is 21.7. The number of hydrogen-bond donors (Lipinski definition) is 2. The first-order valence-corrected chi connectivity index (χ1v) is 14.0. The zero-order valence-electron chi connectivity index (χ0n) is 20.9. The summed E-state index contributed by atoms with van der Waals surface area (Å²) < 4.78 is 0. The number of nitrogens with zero attached hydrogens (tertiary/aromatic N) is 1. The van der Waals surface area contributed by atoms with E-state index >= 15 is 0 Å². The Hall–Kier alpha value is -3.51. The van der Waals surface area contributed by atoms with E-state index in [0.717, 1.165) is 66.4 Å². The van der Waals surface area contributed by atoms with Crippen molar-refractivity contribution in [1.82, 2.24) is 0 Å². The van der Waals surface area contributed by atoms with E-state index in [4.69, 9.17) is 5.11 Å². The molecule has 6 heteroatoms. The van der Waals surface area contributed by atoms with Crippen LogP contribution in [0.3, 0.4) is 0 Å². The summed E-state index contributed by atoms with van der Waals surface area (Å²) in [5, 5.41) is 12.5. The first-order chi connectivity index (χ1) is 18.1. The number of nitrogens with one attached hydrogen (secondary N) is 1. The van der Waals surface area contributed by atoms with Crippen molar-refractivity contribution in [1.29, 1.82) is 0 Å². The lowest BCUT2D eigenvalue weighted by Gasteiger charge is -2.30. The molecule has 1 amide bonds. The van der Waals surface area contributed by atoms with Gasteiger partial charge in [0.2, 0.25) is 5.91 Å². The van der Waals surface area contributed by atoms with Crippen LogP contribution in [0.2, 0.25) is 0 Å². The first-order valence-electron chi connectivity index (χ1n) is 13.0. The normalized spacial score (nSPS) is 15.7. The molecule has 0 aromatic heterocycles. The molecule has 0 atom stereocenters. The average Bonchev–Trinajstić information content (AvgIpc) is 2.95. The number of rotatable bonds is 7. The van der Waals surface area contributed by atoms with Gasteiger partial charge in [-0.05, 0) is 65.4 Å². The number of carbonyl (C=O) groups excluding carboxylic acids is 1. The summed E-state index contributed by atoms with van der Waals surface area (Å²) in [6.07, 6.45) is 7.93. The fraction of sp³-hybridized carbons (Fsp3) is 0.290. The van der Waals surface area contributed by atoms with Crippen LogP contribution in [0.1, 0.15) is 43.2 Å². The van der Waals surface area contributed by atoms with Gasteiger partial charge in [-0.15, -0.1) is 11.8 Å². The fourth-order valence-electron chi connectivity index (χ4n) is 5.13. The number of fused-ring (bicyclic) bond motifs is 1. The van der Waals surface area contributed by atoms with Crippen molar-refractivity contribution in [3.8, 4) is 11.1 Å². The van der Waals surface area contributed by atoms with Crippen molar-refractivity contribution >= 4 is 41.1 Å². The Morgan fingerprint density at radius 2 is 1.76 bits per heavy atom. The maximum absolute atomic E-state index is 13.7. The minimum absolute atomic E-state index is 0.0350. The second kappa shape index (κ2) is 11.7. The van der Waals surface area contributed by atoms with E-state index in [-0.39, 0.29) is 11.8 Å². The molecule has 0 radical (unpaired) electrons. The summed E-state index contributed by atoms with van der Waals surface area (Å²) in [6, 6.07) is 22.6. The molecule has 190 valence electrons. The van der Waals surface area contributed by atoms with Gasteiger partial charge in [0, 0.05) is 40.6 Å². The highest BCUT2D eigenvalue weighted by Gasteiger charge is 2.27. The highest BCUT2D eigenvalue weighted by molar-refractivity contribution is 7.99. The molecule has 37 heavy (non-hydrogen) atoms. The highest BCUT2D eigenvalue weighted by atomic mass is 32.2. The molecule has 1 aliphatic carbocycles. The standard InChI is InChI=1S/C31H32N2O3S/c34-30(35)16-11-22-5-4-8-27(19-22)33(31(36)25-6-2-1-3-7-25)21-23-9-12-24(13-10-23)26-14-15-28-29(20-26)37-18-17-32-28/h4-5,8-16,19-20,25,32H,1-3,6-7,17-18,21H2,(H,34,35)/b16-11+. The lowest BCUT2D eigenvalue weighted by molar-refractivity contribution is -0.131. The van der Waals surface area contributed by atoms with E-state index in [1.165, 1.54) is 22.6 Å². The molecule has 1 heterocycles. The summed E-state index contributed by atoms with van der Waals surface area (Å²) in [5.74, 6) is 0.276. The van der Waals surface area contributed by atoms with Gasteiger partial charge in [0.15, 0.2) is 0 Å². The Bertz CT molecular complexity index is 1300. The number of aliphatic carboxylic acids is 1. The van der Waals surface area contributed by atoms with E-state index in [0.29, 0.717) is 6.54 Å². The lowest BCUT2D eigenvalue weighted by Crippen LogP contribution is -2.36. The monoisotopic (exact) mass is 512 g/mol. The molecule has 1 aliphatic heterocycles. The molecule has 0 spiro atoms. The maximum atomic E-state index is 13.7. The Morgan fingerprint density at radius 3 is 2.54 bits per heavy atom. The third-order valence-electron chi connectivity index (χ3n) is 7.11. The van der Waals surface area contributed by atoms with Gasteiger partial charge in [0.05, 0.1) is 6.54 Å². The number of amides is 1. The van der Waals surface area contributed by atoms with Crippen LogP contribution in [0.5, 0.6) is 0 Å². The van der Waals surface area contributed by atoms with Crippen LogP contribution < -0.4 is 10.2 Å². The van der Waals surface area contributed by atoms with Gasteiger partial charge in [0.25, 0.3) is 0 Å². The molecule has 1 fully saturated rings. The SMILES string of the molecule is O=C(O)/C=C/c1cccc(N(Cc2ccc(-c3ccc4c(c3)SCCN4)cc2)C(=O)C2CCCCC2)c1. The Labute approximate surface area is 222 Å². The second-order valence-electron chi connectivity index (χ2n) is 9.71. The summed E-state index contributed by atoms with van der Waals surface area (Å²) in [5.41, 5.74) is 6.17.